The number of carbonyl (C=O) groups is 3. The molecule has 2 atom stereocenters. The predicted molar refractivity (Wildman–Crippen MR) is 128 cm³/mol. The van der Waals surface area contributed by atoms with Crippen molar-refractivity contribution in [3.05, 3.63) is 59.7 Å². The minimum absolute atomic E-state index is 0.0639. The van der Waals surface area contributed by atoms with Crippen LogP contribution in [0.15, 0.2) is 48.5 Å². The summed E-state index contributed by atoms with van der Waals surface area (Å²) >= 11 is 0. The molecule has 7 nitrogen and oxygen atoms in total. The summed E-state index contributed by atoms with van der Waals surface area (Å²) in [5, 5.41) is 14.9. The fraction of sp³-hybridized carbons (Fsp3) is 0.444. The van der Waals surface area contributed by atoms with Crippen LogP contribution in [0.2, 0.25) is 0 Å². The summed E-state index contributed by atoms with van der Waals surface area (Å²) in [5.74, 6) is -2.04. The second-order valence-corrected chi connectivity index (χ2v) is 9.57. The van der Waals surface area contributed by atoms with Gasteiger partial charge in [-0.05, 0) is 46.9 Å². The number of benzene rings is 2. The van der Waals surface area contributed by atoms with Gasteiger partial charge in [0.25, 0.3) is 0 Å². The summed E-state index contributed by atoms with van der Waals surface area (Å²) in [6, 6.07) is 15.4. The maximum absolute atomic E-state index is 12.8. The monoisotopic (exact) mass is 464 g/mol. The number of hydrogen-bond acceptors (Lipinski definition) is 4. The fourth-order valence-electron chi connectivity index (χ4n) is 4.92. The van der Waals surface area contributed by atoms with E-state index in [4.69, 9.17) is 4.74 Å². The summed E-state index contributed by atoms with van der Waals surface area (Å²) in [7, 11) is 0. The van der Waals surface area contributed by atoms with Gasteiger partial charge in [0.05, 0.1) is 5.92 Å². The molecule has 2 amide bonds. The molecule has 0 bridgehead atoms. The van der Waals surface area contributed by atoms with Crippen molar-refractivity contribution in [2.45, 2.75) is 45.1 Å². The highest BCUT2D eigenvalue weighted by Crippen LogP contribution is 2.44. The van der Waals surface area contributed by atoms with Crippen LogP contribution in [0.25, 0.3) is 11.1 Å². The van der Waals surface area contributed by atoms with Crippen LogP contribution in [-0.2, 0) is 14.3 Å². The van der Waals surface area contributed by atoms with Gasteiger partial charge in [-0.2, -0.15) is 0 Å². The molecule has 2 aromatic carbocycles. The van der Waals surface area contributed by atoms with Gasteiger partial charge >= 0.3 is 12.1 Å². The van der Waals surface area contributed by atoms with Crippen molar-refractivity contribution < 1.29 is 24.2 Å². The zero-order chi connectivity index (χ0) is 24.2. The van der Waals surface area contributed by atoms with E-state index in [0.29, 0.717) is 0 Å². The fourth-order valence-corrected chi connectivity index (χ4v) is 4.92. The van der Waals surface area contributed by atoms with Crippen LogP contribution in [0.3, 0.4) is 0 Å². The third kappa shape index (κ3) is 4.93. The maximum atomic E-state index is 12.8. The molecule has 1 unspecified atom stereocenters. The van der Waals surface area contributed by atoms with E-state index in [1.165, 1.54) is 0 Å². The van der Waals surface area contributed by atoms with Gasteiger partial charge in [-0.25, -0.2) is 4.79 Å². The van der Waals surface area contributed by atoms with Crippen LogP contribution in [0.1, 0.15) is 50.2 Å². The van der Waals surface area contributed by atoms with E-state index in [2.05, 4.69) is 22.8 Å². The molecule has 3 N–H and O–H groups in total. The minimum Gasteiger partial charge on any atom is -0.481 e. The van der Waals surface area contributed by atoms with Crippen molar-refractivity contribution >= 4 is 18.0 Å². The molecule has 0 radical (unpaired) electrons. The first kappa shape index (κ1) is 23.8. The Balaban J connectivity index is 1.35. The van der Waals surface area contributed by atoms with E-state index >= 15 is 0 Å². The predicted octanol–water partition coefficient (Wildman–Crippen LogP) is 4.17. The van der Waals surface area contributed by atoms with Crippen LogP contribution in [0.5, 0.6) is 0 Å². The van der Waals surface area contributed by atoms with Crippen molar-refractivity contribution in [3.63, 3.8) is 0 Å². The largest absolute Gasteiger partial charge is 0.481 e. The summed E-state index contributed by atoms with van der Waals surface area (Å²) < 4.78 is 5.57. The molecule has 0 aliphatic heterocycles. The quantitative estimate of drug-likeness (QED) is 0.517. The van der Waals surface area contributed by atoms with Crippen LogP contribution < -0.4 is 10.6 Å². The Bertz CT molecular complexity index is 1020. The lowest BCUT2D eigenvalue weighted by Gasteiger charge is -2.31. The molecule has 0 heterocycles. The number of carbonyl (C=O) groups excluding carboxylic acids is 2. The minimum atomic E-state index is -0.893. The van der Waals surface area contributed by atoms with Crippen LogP contribution in [0, 0.1) is 17.8 Å². The van der Waals surface area contributed by atoms with Crippen molar-refractivity contribution in [2.24, 2.45) is 17.8 Å². The number of rotatable bonds is 9. The highest BCUT2D eigenvalue weighted by molar-refractivity contribution is 5.86. The van der Waals surface area contributed by atoms with Crippen molar-refractivity contribution in [1.29, 1.82) is 0 Å². The van der Waals surface area contributed by atoms with Crippen LogP contribution in [0.4, 0.5) is 4.79 Å². The van der Waals surface area contributed by atoms with Gasteiger partial charge in [-0.3, -0.25) is 9.59 Å². The van der Waals surface area contributed by atoms with Crippen LogP contribution >= 0.6 is 0 Å². The Hall–Kier alpha value is -3.35. The molecular weight excluding hydrogens is 432 g/mol. The van der Waals surface area contributed by atoms with Gasteiger partial charge in [0.15, 0.2) is 0 Å². The highest BCUT2D eigenvalue weighted by atomic mass is 16.5. The van der Waals surface area contributed by atoms with E-state index in [-0.39, 0.29) is 30.9 Å². The zero-order valence-electron chi connectivity index (χ0n) is 19.6. The lowest BCUT2D eigenvalue weighted by Crippen LogP contribution is -2.51. The second-order valence-electron chi connectivity index (χ2n) is 9.57. The number of nitrogens with one attached hydrogen (secondary N) is 2. The van der Waals surface area contributed by atoms with Crippen LogP contribution in [-0.4, -0.2) is 42.3 Å². The molecule has 0 saturated heterocycles. The smallest absolute Gasteiger partial charge is 0.407 e. The van der Waals surface area contributed by atoms with E-state index in [1.54, 1.807) is 0 Å². The number of aliphatic carboxylic acids is 1. The Kier molecular flexibility index (Phi) is 7.20. The lowest BCUT2D eigenvalue weighted by molar-refractivity contribution is -0.145. The van der Waals surface area contributed by atoms with Gasteiger partial charge in [-0.1, -0.05) is 68.8 Å². The normalized spacial score (nSPS) is 16.7. The van der Waals surface area contributed by atoms with Gasteiger partial charge < -0.3 is 20.5 Å². The number of hydrogen-bond donors (Lipinski definition) is 3. The lowest BCUT2D eigenvalue weighted by atomic mass is 9.76. The van der Waals surface area contributed by atoms with Gasteiger partial charge in [0, 0.05) is 12.5 Å². The standard InChI is InChI=1S/C27H32N2O5/c1-16(2)24(25(30)28-14-22(26(31)32)17-8-7-9-17)29-27(33)34-15-23-20-12-5-3-10-18(20)19-11-4-6-13-21(19)23/h3-6,10-13,16-17,22-24H,7-9,14-15H2,1-2H3,(H,28,30)(H,29,33)(H,31,32)/t22?,24-/m1/s1. The van der Waals surface area contributed by atoms with E-state index in [0.717, 1.165) is 41.5 Å². The Labute approximate surface area is 199 Å². The molecule has 0 spiro atoms. The molecule has 180 valence electrons. The Morgan fingerprint density at radius 3 is 2.09 bits per heavy atom. The van der Waals surface area contributed by atoms with Gasteiger partial charge in [0.2, 0.25) is 5.91 Å². The Morgan fingerprint density at radius 2 is 1.59 bits per heavy atom. The molecule has 1 fully saturated rings. The number of alkyl carbamates (subject to hydrolysis) is 1. The maximum Gasteiger partial charge on any atom is 0.407 e. The Morgan fingerprint density at radius 1 is 1.00 bits per heavy atom. The highest BCUT2D eigenvalue weighted by Gasteiger charge is 2.34. The van der Waals surface area contributed by atoms with Crippen molar-refractivity contribution in [3.8, 4) is 11.1 Å². The number of amides is 2. The molecule has 2 aromatic rings. The summed E-state index contributed by atoms with van der Waals surface area (Å²) in [6.07, 6.45) is 2.11. The number of carboxylic acid groups (broad SMARTS) is 1. The number of fused-ring (bicyclic) bond motifs is 3. The third-order valence-corrected chi connectivity index (χ3v) is 7.10. The topological polar surface area (TPSA) is 105 Å². The average molecular weight is 465 g/mol. The summed E-state index contributed by atoms with van der Waals surface area (Å²) in [5.41, 5.74) is 4.52. The van der Waals surface area contributed by atoms with E-state index in [9.17, 15) is 19.5 Å². The molecular formula is C27H32N2O5. The first-order valence-electron chi connectivity index (χ1n) is 12.0. The number of ether oxygens (including phenoxy) is 1. The molecule has 0 aromatic heterocycles. The molecule has 7 heteroatoms. The first-order chi connectivity index (χ1) is 16.4. The van der Waals surface area contributed by atoms with Crippen molar-refractivity contribution in [2.75, 3.05) is 13.2 Å². The van der Waals surface area contributed by atoms with E-state index in [1.807, 2.05) is 50.2 Å². The van der Waals surface area contributed by atoms with Gasteiger partial charge in [0.1, 0.15) is 12.6 Å². The van der Waals surface area contributed by atoms with Crippen molar-refractivity contribution in [1.82, 2.24) is 10.6 Å². The SMILES string of the molecule is CC(C)[C@@H](NC(=O)OCC1c2ccccc2-c2ccccc21)C(=O)NCC(C(=O)O)C1CCC1. The molecule has 34 heavy (non-hydrogen) atoms. The summed E-state index contributed by atoms with van der Waals surface area (Å²) in [4.78, 5) is 37.0. The van der Waals surface area contributed by atoms with E-state index < -0.39 is 29.9 Å². The first-order valence-corrected chi connectivity index (χ1v) is 12.0. The molecule has 1 saturated carbocycles. The van der Waals surface area contributed by atoms with Gasteiger partial charge in [-0.15, -0.1) is 0 Å². The number of carboxylic acids is 1. The third-order valence-electron chi connectivity index (χ3n) is 7.10. The molecule has 2 aliphatic rings. The summed E-state index contributed by atoms with van der Waals surface area (Å²) in [6.45, 7) is 3.88. The zero-order valence-corrected chi connectivity index (χ0v) is 19.6. The molecule has 2 aliphatic carbocycles. The molecule has 4 rings (SSSR count). The average Bonchev–Trinajstić information content (AvgIpc) is 3.10. The second kappa shape index (κ2) is 10.3.